The zero-order chi connectivity index (χ0) is 29.3. The second kappa shape index (κ2) is 11.8. The number of hydrogen-bond acceptors (Lipinski definition) is 5. The Morgan fingerprint density at radius 1 is 0.952 bits per heavy atom. The molecule has 2 fully saturated rings. The predicted octanol–water partition coefficient (Wildman–Crippen LogP) is 5.16. The Hall–Kier alpha value is -3.85. The number of nitrogens with one attached hydrogen (secondary N) is 2. The zero-order valence-electron chi connectivity index (χ0n) is 25.5. The van der Waals surface area contributed by atoms with E-state index in [1.165, 1.54) is 11.3 Å². The van der Waals surface area contributed by atoms with Gasteiger partial charge in [-0.2, -0.15) is 0 Å². The molecule has 0 bridgehead atoms. The second-order valence-electron chi connectivity index (χ2n) is 12.7. The van der Waals surface area contributed by atoms with Crippen LogP contribution in [0, 0.1) is 6.92 Å². The Bertz CT molecular complexity index is 1520. The third-order valence-corrected chi connectivity index (χ3v) is 8.66. The lowest BCUT2D eigenvalue weighted by Crippen LogP contribution is -2.46. The van der Waals surface area contributed by atoms with E-state index in [2.05, 4.69) is 94.1 Å². The summed E-state index contributed by atoms with van der Waals surface area (Å²) in [5.41, 5.74) is 6.95. The number of urea groups is 1. The number of rotatable bonds is 7. The monoisotopic (exact) mass is 568 g/mol. The van der Waals surface area contributed by atoms with Crippen molar-refractivity contribution in [1.82, 2.24) is 34.6 Å². The van der Waals surface area contributed by atoms with Gasteiger partial charge in [0.2, 0.25) is 0 Å². The van der Waals surface area contributed by atoms with E-state index in [4.69, 9.17) is 9.97 Å². The van der Waals surface area contributed by atoms with Gasteiger partial charge in [-0.05, 0) is 42.9 Å². The van der Waals surface area contributed by atoms with Crippen LogP contribution >= 0.6 is 0 Å². The number of aromatic nitrogens is 4. The maximum atomic E-state index is 12.3. The highest BCUT2D eigenvalue weighted by Crippen LogP contribution is 2.30. The molecular formula is C33H44N8O. The minimum atomic E-state index is 0.0554. The maximum Gasteiger partial charge on any atom is 0.317 e. The summed E-state index contributed by atoms with van der Waals surface area (Å²) in [7, 11) is 0. The average molecular weight is 569 g/mol. The number of anilines is 1. The molecule has 42 heavy (non-hydrogen) atoms. The summed E-state index contributed by atoms with van der Waals surface area (Å²) < 4.78 is 2.16. The minimum Gasteiger partial charge on any atom is -0.367 e. The Morgan fingerprint density at radius 3 is 2.40 bits per heavy atom. The number of fused-ring (bicyclic) bond motifs is 1. The quantitative estimate of drug-likeness (QED) is 0.322. The van der Waals surface area contributed by atoms with Gasteiger partial charge in [-0.15, -0.1) is 0 Å². The summed E-state index contributed by atoms with van der Waals surface area (Å²) in [4.78, 5) is 32.5. The van der Waals surface area contributed by atoms with Crippen molar-refractivity contribution in [3.8, 4) is 11.4 Å². The van der Waals surface area contributed by atoms with E-state index in [0.29, 0.717) is 6.54 Å². The van der Waals surface area contributed by atoms with Crippen molar-refractivity contribution in [3.63, 3.8) is 0 Å². The number of H-pyrrole nitrogens is 1. The fraction of sp³-hybridized carbons (Fsp3) is 0.485. The van der Waals surface area contributed by atoms with Crippen LogP contribution in [0.5, 0.6) is 0 Å². The van der Waals surface area contributed by atoms with Gasteiger partial charge in [-0.1, -0.05) is 51.1 Å². The van der Waals surface area contributed by atoms with Crippen LogP contribution in [0.25, 0.3) is 22.4 Å². The molecule has 0 radical (unpaired) electrons. The van der Waals surface area contributed by atoms with Crippen molar-refractivity contribution in [3.05, 3.63) is 65.7 Å². The number of amides is 2. The van der Waals surface area contributed by atoms with Gasteiger partial charge in [-0.25, -0.2) is 14.8 Å². The molecule has 4 aromatic rings. The molecule has 2 aliphatic rings. The summed E-state index contributed by atoms with van der Waals surface area (Å²) >= 11 is 0. The number of nitrogens with zero attached hydrogens (tertiary/aromatic N) is 6. The van der Waals surface area contributed by atoms with Crippen LogP contribution in [-0.4, -0.2) is 81.2 Å². The number of aromatic amines is 1. The molecule has 2 aromatic carbocycles. The van der Waals surface area contributed by atoms with Crippen LogP contribution in [0.1, 0.15) is 50.7 Å². The largest absolute Gasteiger partial charge is 0.367 e. The number of para-hydroxylation sites is 1. The van der Waals surface area contributed by atoms with Crippen molar-refractivity contribution in [2.24, 2.45) is 0 Å². The molecule has 2 saturated heterocycles. The molecule has 0 saturated carbocycles. The van der Waals surface area contributed by atoms with Crippen molar-refractivity contribution < 1.29 is 4.79 Å². The van der Waals surface area contributed by atoms with E-state index in [-0.39, 0.29) is 11.4 Å². The maximum absolute atomic E-state index is 12.3. The number of piperazine rings is 1. The lowest BCUT2D eigenvalue weighted by molar-refractivity contribution is 0.208. The highest BCUT2D eigenvalue weighted by Gasteiger charge is 2.22. The number of hydrogen-bond donors (Lipinski definition) is 2. The zero-order valence-corrected chi connectivity index (χ0v) is 25.5. The Kier molecular flexibility index (Phi) is 7.94. The summed E-state index contributed by atoms with van der Waals surface area (Å²) in [6.07, 6.45) is 4.36. The summed E-state index contributed by atoms with van der Waals surface area (Å²) in [5, 5.41) is 3.06. The molecule has 0 atom stereocenters. The van der Waals surface area contributed by atoms with E-state index < -0.39 is 0 Å². The summed E-state index contributed by atoms with van der Waals surface area (Å²) in [6, 6.07) is 15.2. The van der Waals surface area contributed by atoms with Gasteiger partial charge in [0.25, 0.3) is 0 Å². The van der Waals surface area contributed by atoms with E-state index in [0.717, 1.165) is 99.1 Å². The molecule has 2 amide bonds. The first kappa shape index (κ1) is 28.3. The molecular weight excluding hydrogens is 524 g/mol. The van der Waals surface area contributed by atoms with Crippen LogP contribution in [-0.2, 0) is 18.5 Å². The van der Waals surface area contributed by atoms with Gasteiger partial charge >= 0.3 is 6.03 Å². The smallest absolute Gasteiger partial charge is 0.317 e. The van der Waals surface area contributed by atoms with E-state index in [9.17, 15) is 4.79 Å². The molecule has 0 aliphatic carbocycles. The number of imidazole rings is 2. The molecule has 4 heterocycles. The normalized spacial score (nSPS) is 16.5. The molecule has 0 spiro atoms. The van der Waals surface area contributed by atoms with Gasteiger partial charge in [0.05, 0.1) is 16.9 Å². The lowest BCUT2D eigenvalue weighted by Gasteiger charge is -2.35. The Labute approximate surface area is 248 Å². The SMILES string of the molecule is Cc1nc(CN2CCN(c3cccc4[nH]c(-c5ccc(C(C)(C)C)cc5)nc34)CC2)cn1CCNC(=O)N1CCCC1. The highest BCUT2D eigenvalue weighted by molar-refractivity contribution is 5.91. The molecule has 0 unspecified atom stereocenters. The Morgan fingerprint density at radius 2 is 1.69 bits per heavy atom. The minimum absolute atomic E-state index is 0.0554. The number of carbonyl (C=O) groups is 1. The van der Waals surface area contributed by atoms with Gasteiger partial charge in [0.15, 0.2) is 0 Å². The third kappa shape index (κ3) is 6.16. The van der Waals surface area contributed by atoms with Gasteiger partial charge < -0.3 is 24.7 Å². The first-order valence-electron chi connectivity index (χ1n) is 15.4. The standard InChI is InChI=1S/C33H44N8O/c1-24-35-27(23-41(24)17-14-34-32(42)40-15-5-6-16-40)22-38-18-20-39(21-19-38)29-9-7-8-28-30(29)37-31(36-28)25-10-12-26(13-11-25)33(2,3)4/h7-13,23H,5-6,14-22H2,1-4H3,(H,34,42)(H,36,37). The fourth-order valence-electron chi connectivity index (χ4n) is 6.11. The van der Waals surface area contributed by atoms with Crippen LogP contribution < -0.4 is 10.2 Å². The number of carbonyl (C=O) groups excluding carboxylic acids is 1. The van der Waals surface area contributed by atoms with E-state index in [1.54, 1.807) is 0 Å². The van der Waals surface area contributed by atoms with Crippen molar-refractivity contribution in [2.45, 2.75) is 59.0 Å². The third-order valence-electron chi connectivity index (χ3n) is 8.66. The number of aryl methyl sites for hydroxylation is 1. The van der Waals surface area contributed by atoms with Crippen molar-refractivity contribution in [2.75, 3.05) is 50.7 Å². The van der Waals surface area contributed by atoms with Crippen LogP contribution in [0.15, 0.2) is 48.7 Å². The van der Waals surface area contributed by atoms with Crippen LogP contribution in [0.3, 0.4) is 0 Å². The van der Waals surface area contributed by atoms with Gasteiger partial charge in [0, 0.05) is 70.7 Å². The van der Waals surface area contributed by atoms with E-state index >= 15 is 0 Å². The topological polar surface area (TPSA) is 85.3 Å². The number of likely N-dealkylation sites (tertiary alicyclic amines) is 1. The molecule has 2 aliphatic heterocycles. The summed E-state index contributed by atoms with van der Waals surface area (Å²) in [6.45, 7) is 16.5. The first-order valence-corrected chi connectivity index (χ1v) is 15.4. The molecule has 9 heteroatoms. The van der Waals surface area contributed by atoms with Crippen molar-refractivity contribution in [1.29, 1.82) is 0 Å². The second-order valence-corrected chi connectivity index (χ2v) is 12.7. The summed E-state index contributed by atoms with van der Waals surface area (Å²) in [5.74, 6) is 1.91. The molecule has 222 valence electrons. The predicted molar refractivity (Wildman–Crippen MR) is 169 cm³/mol. The fourth-order valence-corrected chi connectivity index (χ4v) is 6.11. The lowest BCUT2D eigenvalue weighted by atomic mass is 9.87. The molecule has 6 rings (SSSR count). The van der Waals surface area contributed by atoms with Gasteiger partial charge in [-0.3, -0.25) is 4.90 Å². The van der Waals surface area contributed by atoms with Crippen molar-refractivity contribution >= 4 is 22.8 Å². The Balaban J connectivity index is 1.05. The molecule has 2 N–H and O–H groups in total. The van der Waals surface area contributed by atoms with Crippen LogP contribution in [0.2, 0.25) is 0 Å². The molecule has 2 aromatic heterocycles. The first-order chi connectivity index (χ1) is 20.2. The number of benzene rings is 2. The highest BCUT2D eigenvalue weighted by atomic mass is 16.2. The van der Waals surface area contributed by atoms with Crippen LogP contribution in [0.4, 0.5) is 10.5 Å². The van der Waals surface area contributed by atoms with E-state index in [1.807, 2.05) is 11.8 Å². The average Bonchev–Trinajstić information content (AvgIpc) is 3.74. The van der Waals surface area contributed by atoms with Gasteiger partial charge in [0.1, 0.15) is 17.2 Å². The molecule has 9 nitrogen and oxygen atoms in total.